The molecule has 0 fully saturated rings. The van der Waals surface area contributed by atoms with Crippen LogP contribution in [0.15, 0.2) is 23.3 Å². The highest BCUT2D eigenvalue weighted by Gasteiger charge is 2.12. The fourth-order valence-corrected chi connectivity index (χ4v) is 1.89. The predicted molar refractivity (Wildman–Crippen MR) is 62.3 cm³/mol. The molecule has 0 atom stereocenters. The Balaban J connectivity index is 2.89. The number of hydrogen-bond acceptors (Lipinski definition) is 2. The third-order valence-corrected chi connectivity index (χ3v) is 2.69. The lowest BCUT2D eigenvalue weighted by Crippen LogP contribution is -1.91. The number of aryl methyl sites for hydroxylation is 2. The molecule has 15 heavy (non-hydrogen) atoms. The molecule has 0 aliphatic rings. The van der Waals surface area contributed by atoms with Gasteiger partial charge in [-0.15, -0.1) is 0 Å². The molecule has 2 rings (SSSR count). The first-order valence-corrected chi connectivity index (χ1v) is 4.87. The van der Waals surface area contributed by atoms with Crippen molar-refractivity contribution < 1.29 is 9.15 Å². The summed E-state index contributed by atoms with van der Waals surface area (Å²) in [4.78, 5) is 0. The molecule has 2 nitrogen and oxygen atoms in total. The average Bonchev–Trinajstić information content (AvgIpc) is 2.60. The Morgan fingerprint density at radius 1 is 1.40 bits per heavy atom. The number of hydrogen-bond donors (Lipinski definition) is 0. The third kappa shape index (κ3) is 1.33. The average molecular weight is 202 g/mol. The van der Waals surface area contributed by atoms with Gasteiger partial charge in [0.2, 0.25) is 0 Å². The van der Waals surface area contributed by atoms with Gasteiger partial charge < -0.3 is 9.15 Å². The molecule has 0 aliphatic heterocycles. The van der Waals surface area contributed by atoms with Crippen LogP contribution in [0.25, 0.3) is 17.0 Å². The van der Waals surface area contributed by atoms with Crippen LogP contribution in [-0.2, 0) is 0 Å². The first kappa shape index (κ1) is 9.84. The maximum absolute atomic E-state index is 5.51. The van der Waals surface area contributed by atoms with Crippen LogP contribution >= 0.6 is 0 Å². The van der Waals surface area contributed by atoms with Crippen molar-refractivity contribution in [3.63, 3.8) is 0 Å². The maximum atomic E-state index is 5.51. The molecule has 0 amide bonds. The summed E-state index contributed by atoms with van der Waals surface area (Å²) < 4.78 is 10.9. The topological polar surface area (TPSA) is 22.4 Å². The van der Waals surface area contributed by atoms with Gasteiger partial charge in [0.1, 0.15) is 11.3 Å². The Hall–Kier alpha value is -1.70. The Labute approximate surface area is 89.2 Å². The highest BCUT2D eigenvalue weighted by atomic mass is 16.5. The number of fused-ring (bicyclic) bond motifs is 1. The summed E-state index contributed by atoms with van der Waals surface area (Å²) in [5.74, 6) is 0.840. The lowest BCUT2D eigenvalue weighted by molar-refractivity contribution is 0.410. The van der Waals surface area contributed by atoms with Crippen molar-refractivity contribution in [3.8, 4) is 5.75 Å². The molecule has 0 radical (unpaired) electrons. The predicted octanol–water partition coefficient (Wildman–Crippen LogP) is 3.70. The molecule has 0 spiro atoms. The van der Waals surface area contributed by atoms with Crippen LogP contribution in [0.5, 0.6) is 5.75 Å². The van der Waals surface area contributed by atoms with Crippen LogP contribution in [-0.4, -0.2) is 7.11 Å². The Bertz CT molecular complexity index is 521. The Morgan fingerprint density at radius 3 is 2.73 bits per heavy atom. The van der Waals surface area contributed by atoms with Crippen LogP contribution in [0.3, 0.4) is 0 Å². The van der Waals surface area contributed by atoms with E-state index in [-0.39, 0.29) is 0 Å². The highest BCUT2D eigenvalue weighted by molar-refractivity contribution is 5.89. The molecule has 78 valence electrons. The summed E-state index contributed by atoms with van der Waals surface area (Å²) in [5, 5.41) is 1.13. The van der Waals surface area contributed by atoms with Crippen molar-refractivity contribution in [2.24, 2.45) is 0 Å². The monoisotopic (exact) mass is 202 g/mol. The van der Waals surface area contributed by atoms with Gasteiger partial charge in [0.05, 0.1) is 13.4 Å². The van der Waals surface area contributed by atoms with Crippen LogP contribution in [0.2, 0.25) is 0 Å². The third-order valence-electron chi connectivity index (χ3n) is 2.69. The van der Waals surface area contributed by atoms with E-state index in [4.69, 9.17) is 9.15 Å². The molecule has 0 unspecified atom stereocenters. The van der Waals surface area contributed by atoms with Crippen molar-refractivity contribution in [1.29, 1.82) is 0 Å². The fourth-order valence-electron chi connectivity index (χ4n) is 1.89. The number of ether oxygens (including phenoxy) is 1. The van der Waals surface area contributed by atoms with Gasteiger partial charge in [-0.25, -0.2) is 0 Å². The second-order valence-electron chi connectivity index (χ2n) is 3.62. The van der Waals surface area contributed by atoms with E-state index in [1.54, 1.807) is 19.4 Å². The maximum Gasteiger partial charge on any atom is 0.140 e. The zero-order valence-electron chi connectivity index (χ0n) is 9.26. The molecule has 0 saturated heterocycles. The summed E-state index contributed by atoms with van der Waals surface area (Å²) in [6.45, 7) is 7.82. The van der Waals surface area contributed by atoms with Crippen molar-refractivity contribution in [2.45, 2.75) is 13.8 Å². The lowest BCUT2D eigenvalue weighted by Gasteiger charge is -2.09. The summed E-state index contributed by atoms with van der Waals surface area (Å²) in [5.41, 5.74) is 4.07. The van der Waals surface area contributed by atoms with Gasteiger partial charge in [-0.05, 0) is 25.5 Å². The van der Waals surface area contributed by atoms with E-state index in [1.807, 2.05) is 19.9 Å². The minimum absolute atomic E-state index is 0.840. The Kier molecular flexibility index (Phi) is 2.27. The van der Waals surface area contributed by atoms with Gasteiger partial charge in [-0.2, -0.15) is 0 Å². The van der Waals surface area contributed by atoms with Crippen LogP contribution in [0.1, 0.15) is 16.7 Å². The van der Waals surface area contributed by atoms with Crippen LogP contribution in [0, 0.1) is 13.8 Å². The van der Waals surface area contributed by atoms with E-state index < -0.39 is 0 Å². The molecule has 2 heteroatoms. The van der Waals surface area contributed by atoms with Crippen LogP contribution in [0.4, 0.5) is 0 Å². The van der Waals surface area contributed by atoms with E-state index in [9.17, 15) is 0 Å². The van der Waals surface area contributed by atoms with Crippen molar-refractivity contribution >= 4 is 17.0 Å². The number of methoxy groups -OCH3 is 1. The summed E-state index contributed by atoms with van der Waals surface area (Å²) >= 11 is 0. The number of benzene rings is 1. The minimum atomic E-state index is 0.840. The molecule has 0 N–H and O–H groups in total. The van der Waals surface area contributed by atoms with Gasteiger partial charge >= 0.3 is 0 Å². The lowest BCUT2D eigenvalue weighted by atomic mass is 10.0. The zero-order valence-corrected chi connectivity index (χ0v) is 9.26. The largest absolute Gasteiger partial charge is 0.496 e. The van der Waals surface area contributed by atoms with Gasteiger partial charge in [0.25, 0.3) is 0 Å². The van der Waals surface area contributed by atoms with Gasteiger partial charge in [-0.1, -0.05) is 12.7 Å². The first-order valence-electron chi connectivity index (χ1n) is 4.87. The number of furan rings is 1. The first-order chi connectivity index (χ1) is 7.19. The minimum Gasteiger partial charge on any atom is -0.496 e. The van der Waals surface area contributed by atoms with E-state index in [0.29, 0.717) is 0 Å². The molecule has 0 aliphatic carbocycles. The Morgan fingerprint density at radius 2 is 2.13 bits per heavy atom. The number of rotatable bonds is 2. The van der Waals surface area contributed by atoms with E-state index in [1.165, 1.54) is 0 Å². The molecule has 1 aromatic heterocycles. The van der Waals surface area contributed by atoms with Crippen molar-refractivity contribution in [1.82, 2.24) is 0 Å². The molecule has 0 saturated carbocycles. The summed E-state index contributed by atoms with van der Waals surface area (Å²) in [6, 6.07) is 2.05. The molecular formula is C13H14O2. The molecule has 1 aromatic carbocycles. The molecule has 2 aromatic rings. The zero-order chi connectivity index (χ0) is 11.0. The van der Waals surface area contributed by atoms with Gasteiger partial charge in [-0.3, -0.25) is 0 Å². The quantitative estimate of drug-likeness (QED) is 0.740. The smallest absolute Gasteiger partial charge is 0.140 e. The second-order valence-corrected chi connectivity index (χ2v) is 3.62. The van der Waals surface area contributed by atoms with Gasteiger partial charge in [0.15, 0.2) is 0 Å². The molecular weight excluding hydrogens is 188 g/mol. The summed E-state index contributed by atoms with van der Waals surface area (Å²) in [7, 11) is 1.66. The second kappa shape index (κ2) is 3.46. The van der Waals surface area contributed by atoms with Crippen molar-refractivity contribution in [3.05, 3.63) is 35.6 Å². The van der Waals surface area contributed by atoms with Crippen molar-refractivity contribution in [2.75, 3.05) is 7.11 Å². The molecule has 0 bridgehead atoms. The van der Waals surface area contributed by atoms with E-state index in [2.05, 4.69) is 6.58 Å². The summed E-state index contributed by atoms with van der Waals surface area (Å²) in [6.07, 6.45) is 3.57. The standard InChI is InChI=1S/C13H14O2/c1-5-10-6-11-8(2)7-15-13(11)9(3)12(10)14-4/h5-7H,1H2,2-4H3. The highest BCUT2D eigenvalue weighted by Crippen LogP contribution is 2.34. The molecule has 1 heterocycles. The van der Waals surface area contributed by atoms with E-state index in [0.717, 1.165) is 33.4 Å². The fraction of sp³-hybridized carbons (Fsp3) is 0.231. The van der Waals surface area contributed by atoms with Crippen LogP contribution < -0.4 is 4.74 Å². The van der Waals surface area contributed by atoms with E-state index >= 15 is 0 Å². The normalized spacial score (nSPS) is 10.6. The van der Waals surface area contributed by atoms with Gasteiger partial charge in [0, 0.05) is 16.5 Å². The SMILES string of the molecule is C=Cc1cc2c(C)coc2c(C)c1OC.